The molecule has 0 N–H and O–H groups in total. The Morgan fingerprint density at radius 2 is 0.373 bits per heavy atom. The second kappa shape index (κ2) is 33.2. The van der Waals surface area contributed by atoms with E-state index in [4.69, 9.17) is 0 Å². The van der Waals surface area contributed by atoms with Gasteiger partial charge in [-0.2, -0.15) is 0 Å². The van der Waals surface area contributed by atoms with Gasteiger partial charge in [0.15, 0.2) is 0 Å². The van der Waals surface area contributed by atoms with Gasteiger partial charge in [-0.25, -0.2) is 0 Å². The molecule has 0 fully saturated rings. The van der Waals surface area contributed by atoms with Crippen molar-refractivity contribution in [2.75, 3.05) is 9.80 Å². The molecule has 0 aliphatic heterocycles. The SMILES string of the molecule is Cc1ccc(C(=Cc2ccc(N(c3ccc(C)cc3)c3ccc(C=C(c4ccc(C)cc4)c4ccc(C)cc4)c4ccccc34)cc2)c2ccc(C)cc2)cc1.Cc1ccc(C(=Cc2ccc(N(c3ccc(C)cc3)c3ccc(C=C(c4ccccc4)c4ccccc4)c4ccccc34)cc2)c2ccc(C)cc2)cc1. The maximum absolute atomic E-state index is 2.39. The Morgan fingerprint density at radius 3 is 0.627 bits per heavy atom. The van der Waals surface area contributed by atoms with Crippen molar-refractivity contribution in [2.24, 2.45) is 0 Å². The predicted octanol–water partition coefficient (Wildman–Crippen LogP) is 29.4. The number of aryl methyl sites for hydroxylation is 8. The summed E-state index contributed by atoms with van der Waals surface area (Å²) < 4.78 is 0. The van der Waals surface area contributed by atoms with E-state index in [0.717, 1.165) is 45.3 Å². The van der Waals surface area contributed by atoms with Crippen molar-refractivity contribution in [3.63, 3.8) is 0 Å². The van der Waals surface area contributed by atoms with Crippen LogP contribution in [0.4, 0.5) is 34.1 Å². The molecule has 2 nitrogen and oxygen atoms in total. The highest BCUT2D eigenvalue weighted by Gasteiger charge is 2.21. The normalized spacial score (nSPS) is 10.9. The first-order valence-electron chi connectivity index (χ1n) is 38.2. The zero-order valence-electron chi connectivity index (χ0n) is 64.0. The molecule has 16 aromatic rings. The van der Waals surface area contributed by atoms with Gasteiger partial charge in [-0.05, 0) is 240 Å². The highest BCUT2D eigenvalue weighted by molar-refractivity contribution is 6.08. The van der Waals surface area contributed by atoms with Gasteiger partial charge in [-0.1, -0.05) is 360 Å². The second-order valence-electron chi connectivity index (χ2n) is 29.1. The molecule has 0 atom stereocenters. The molecule has 0 heterocycles. The van der Waals surface area contributed by atoms with Crippen LogP contribution in [0.5, 0.6) is 0 Å². The zero-order chi connectivity index (χ0) is 75.5. The molecule has 0 aliphatic carbocycles. The van der Waals surface area contributed by atoms with E-state index in [-0.39, 0.29) is 0 Å². The summed E-state index contributed by atoms with van der Waals surface area (Å²) in [6.07, 6.45) is 9.32. The van der Waals surface area contributed by atoms with Gasteiger partial charge in [0.25, 0.3) is 0 Å². The van der Waals surface area contributed by atoms with Crippen LogP contribution in [0.2, 0.25) is 0 Å². The number of fused-ring (bicyclic) bond motifs is 2. The largest absolute Gasteiger partial charge is 0.310 e. The van der Waals surface area contributed by atoms with E-state index in [9.17, 15) is 0 Å². The zero-order valence-corrected chi connectivity index (χ0v) is 64.0. The Morgan fingerprint density at radius 1 is 0.173 bits per heavy atom. The van der Waals surface area contributed by atoms with Gasteiger partial charge in [0.1, 0.15) is 0 Å². The monoisotopic (exact) mass is 1410 g/mol. The third-order valence-corrected chi connectivity index (χ3v) is 20.8. The Balaban J connectivity index is 0.000000175. The summed E-state index contributed by atoms with van der Waals surface area (Å²) in [4.78, 5) is 4.78. The number of rotatable bonds is 18. The number of benzene rings is 16. The summed E-state index contributed by atoms with van der Waals surface area (Å²) in [6.45, 7) is 17.1. The van der Waals surface area contributed by atoms with Crippen LogP contribution >= 0.6 is 0 Å². The molecule has 16 rings (SSSR count). The minimum absolute atomic E-state index is 1.10. The van der Waals surface area contributed by atoms with E-state index in [2.05, 4.69) is 466 Å². The summed E-state index contributed by atoms with van der Waals surface area (Å²) in [6, 6.07) is 137. The van der Waals surface area contributed by atoms with Gasteiger partial charge in [0.2, 0.25) is 0 Å². The highest BCUT2D eigenvalue weighted by Crippen LogP contribution is 2.44. The van der Waals surface area contributed by atoms with Crippen molar-refractivity contribution in [2.45, 2.75) is 55.4 Å². The molecule has 0 radical (unpaired) electrons. The van der Waals surface area contributed by atoms with Crippen molar-refractivity contribution < 1.29 is 0 Å². The van der Waals surface area contributed by atoms with E-state index in [1.165, 1.54) is 144 Å². The summed E-state index contributed by atoms with van der Waals surface area (Å²) in [5.74, 6) is 0. The molecule has 0 aliphatic rings. The van der Waals surface area contributed by atoms with Crippen molar-refractivity contribution in [1.82, 2.24) is 0 Å². The van der Waals surface area contributed by atoms with E-state index in [1.807, 2.05) is 0 Å². The Labute approximate surface area is 650 Å². The molecular weight excluding hydrogens is 1330 g/mol. The van der Waals surface area contributed by atoms with Gasteiger partial charge in [-0.3, -0.25) is 0 Å². The number of anilines is 6. The van der Waals surface area contributed by atoms with E-state index >= 15 is 0 Å². The quantitative estimate of drug-likeness (QED) is 0.0790. The van der Waals surface area contributed by atoms with Crippen LogP contribution in [-0.2, 0) is 0 Å². The van der Waals surface area contributed by atoms with Gasteiger partial charge in [-0.15, -0.1) is 0 Å². The van der Waals surface area contributed by atoms with Crippen LogP contribution in [0.25, 0.3) is 68.1 Å². The van der Waals surface area contributed by atoms with Crippen molar-refractivity contribution in [3.05, 3.63) is 487 Å². The average Bonchev–Trinajstić information content (AvgIpc) is 0.758. The van der Waals surface area contributed by atoms with Gasteiger partial charge >= 0.3 is 0 Å². The maximum atomic E-state index is 2.39. The average molecular weight is 1420 g/mol. The van der Waals surface area contributed by atoms with Crippen LogP contribution in [-0.4, -0.2) is 0 Å². The lowest BCUT2D eigenvalue weighted by atomic mass is 9.92. The number of hydrogen-bond donors (Lipinski definition) is 0. The molecule has 2 heteroatoms. The summed E-state index contributed by atoms with van der Waals surface area (Å²) >= 11 is 0. The minimum Gasteiger partial charge on any atom is -0.310 e. The molecule has 110 heavy (non-hydrogen) atoms. The van der Waals surface area contributed by atoms with Crippen molar-refractivity contribution >= 4 is 102 Å². The number of hydrogen-bond acceptors (Lipinski definition) is 2. The summed E-state index contributed by atoms with van der Waals surface area (Å²) in [5.41, 5.74) is 35.8. The molecule has 0 bridgehead atoms. The fourth-order valence-corrected chi connectivity index (χ4v) is 14.5. The summed E-state index contributed by atoms with van der Waals surface area (Å²) in [7, 11) is 0. The van der Waals surface area contributed by atoms with Crippen LogP contribution in [0, 0.1) is 55.4 Å². The lowest BCUT2D eigenvalue weighted by Gasteiger charge is -2.27. The molecule has 0 spiro atoms. The van der Waals surface area contributed by atoms with Crippen LogP contribution in [0.1, 0.15) is 111 Å². The molecule has 532 valence electrons. The van der Waals surface area contributed by atoms with Crippen molar-refractivity contribution in [1.29, 1.82) is 0 Å². The summed E-state index contributed by atoms with van der Waals surface area (Å²) in [5, 5.41) is 4.80. The van der Waals surface area contributed by atoms with Crippen LogP contribution < -0.4 is 9.80 Å². The fraction of sp³-hybridized carbons (Fsp3) is 0.0741. The van der Waals surface area contributed by atoms with E-state index in [0.29, 0.717) is 0 Å². The fourth-order valence-electron chi connectivity index (χ4n) is 14.5. The molecular formula is C108H90N2. The first kappa shape index (κ1) is 72.2. The molecule has 0 saturated carbocycles. The smallest absolute Gasteiger partial charge is 0.0540 e. The highest BCUT2D eigenvalue weighted by atomic mass is 15.1. The van der Waals surface area contributed by atoms with Gasteiger partial charge in [0.05, 0.1) is 11.4 Å². The third-order valence-electron chi connectivity index (χ3n) is 20.8. The molecule has 0 aromatic heterocycles. The first-order valence-corrected chi connectivity index (χ1v) is 38.2. The third kappa shape index (κ3) is 16.7. The first-order chi connectivity index (χ1) is 53.8. The molecule has 0 saturated heterocycles. The van der Waals surface area contributed by atoms with E-state index < -0.39 is 0 Å². The van der Waals surface area contributed by atoms with Crippen LogP contribution in [0.15, 0.2) is 376 Å². The topological polar surface area (TPSA) is 6.48 Å². The molecule has 16 aromatic carbocycles. The van der Waals surface area contributed by atoms with E-state index in [1.54, 1.807) is 0 Å². The standard InChI is InChI=1S/C55H47N.C53H43N/c1-38-10-22-44(23-11-38)53(45-24-12-39(2)13-25-45)36-43-20-33-50(34-21-43)56(49-31-18-42(5)19-32-49)55-35-30-48(51-8-6-7-9-52(51)55)37-54(46-26-14-40(3)15-27-46)47-28-16-41(4)17-29-47;1-38-18-26-44(27-19-38)51(45-28-20-39(2)21-29-45)36-41-24-33-48(34-25-41)54(47-31-22-40(3)23-32-47)53-35-30-46(49-16-10-11-17-50(49)53)37-52(42-12-6-4-7-13-42)43-14-8-5-9-15-43/h6-37H,1-5H3;4-37H,1-3H3. The maximum Gasteiger partial charge on any atom is 0.0540 e. The lowest BCUT2D eigenvalue weighted by Crippen LogP contribution is -2.10. The lowest BCUT2D eigenvalue weighted by molar-refractivity contribution is 1.29. The minimum atomic E-state index is 1.10. The molecule has 0 unspecified atom stereocenters. The second-order valence-corrected chi connectivity index (χ2v) is 29.1. The van der Waals surface area contributed by atoms with Crippen LogP contribution in [0.3, 0.4) is 0 Å². The Hall–Kier alpha value is -13.4. The predicted molar refractivity (Wildman–Crippen MR) is 475 cm³/mol. The van der Waals surface area contributed by atoms with Crippen molar-refractivity contribution in [3.8, 4) is 0 Å². The molecule has 0 amide bonds. The number of nitrogens with zero attached hydrogens (tertiary/aromatic N) is 2. The Bertz CT molecular complexity index is 5780. The van der Waals surface area contributed by atoms with Gasteiger partial charge < -0.3 is 9.80 Å². The Kier molecular flexibility index (Phi) is 21.8. The van der Waals surface area contributed by atoms with Gasteiger partial charge in [0, 0.05) is 33.5 Å².